The molecule has 14 heavy (non-hydrogen) atoms. The van der Waals surface area contributed by atoms with Gasteiger partial charge in [-0.2, -0.15) is 0 Å². The fraction of sp³-hybridized carbons (Fsp3) is 0.900. The molecule has 1 amide bonds. The predicted octanol–water partition coefficient (Wildman–Crippen LogP) is 2.05. The Balaban J connectivity index is 3.84. The van der Waals surface area contributed by atoms with Crippen LogP contribution in [-0.4, -0.2) is 42.9 Å². The zero-order valence-electron chi connectivity index (χ0n) is 9.09. The average Bonchev–Trinajstić information content (AvgIpc) is 2.20. The number of hydrogen-bond donors (Lipinski definition) is 0. The van der Waals surface area contributed by atoms with Crippen LogP contribution in [0.2, 0.25) is 0 Å². The summed E-state index contributed by atoms with van der Waals surface area (Å²) in [7, 11) is 1.66. The summed E-state index contributed by atoms with van der Waals surface area (Å²) in [5.41, 5.74) is 0. The van der Waals surface area contributed by atoms with E-state index in [-0.39, 0.29) is 5.91 Å². The van der Waals surface area contributed by atoms with Crippen LogP contribution in [-0.2, 0) is 9.53 Å². The van der Waals surface area contributed by atoms with Crippen molar-refractivity contribution in [1.82, 2.24) is 4.90 Å². The second-order valence-electron chi connectivity index (χ2n) is 3.17. The van der Waals surface area contributed by atoms with Gasteiger partial charge in [0, 0.05) is 32.0 Å². The van der Waals surface area contributed by atoms with E-state index in [4.69, 9.17) is 4.74 Å². The summed E-state index contributed by atoms with van der Waals surface area (Å²) in [4.78, 5) is 13.5. The lowest BCUT2D eigenvalue weighted by molar-refractivity contribution is -0.131. The number of methoxy groups -OCH3 is 1. The van der Waals surface area contributed by atoms with Gasteiger partial charge in [0.2, 0.25) is 5.91 Å². The first-order chi connectivity index (χ1) is 6.76. The highest BCUT2D eigenvalue weighted by Gasteiger charge is 2.11. The standard InChI is InChI=1S/C10H20BrNO2/c1-3-4-5-10(13)12(7-6-11)8-9-14-2/h3-9H2,1-2H3. The van der Waals surface area contributed by atoms with Crippen LogP contribution in [0.4, 0.5) is 0 Å². The monoisotopic (exact) mass is 265 g/mol. The molecule has 0 atom stereocenters. The highest BCUT2D eigenvalue weighted by atomic mass is 79.9. The van der Waals surface area contributed by atoms with Crippen LogP contribution < -0.4 is 0 Å². The van der Waals surface area contributed by atoms with Gasteiger partial charge < -0.3 is 9.64 Å². The molecule has 0 saturated carbocycles. The SMILES string of the molecule is CCCCC(=O)N(CCBr)CCOC. The molecule has 0 aliphatic heterocycles. The van der Waals surface area contributed by atoms with Crippen LogP contribution >= 0.6 is 15.9 Å². The Bertz CT molecular complexity index is 153. The summed E-state index contributed by atoms with van der Waals surface area (Å²) >= 11 is 3.34. The minimum Gasteiger partial charge on any atom is -0.383 e. The molecule has 3 nitrogen and oxygen atoms in total. The summed E-state index contributed by atoms with van der Waals surface area (Å²) in [5, 5.41) is 0.828. The Kier molecular flexibility index (Phi) is 9.40. The molecule has 0 aromatic carbocycles. The lowest BCUT2D eigenvalue weighted by Crippen LogP contribution is -2.35. The van der Waals surface area contributed by atoms with Crippen molar-refractivity contribution in [2.45, 2.75) is 26.2 Å². The van der Waals surface area contributed by atoms with Gasteiger partial charge in [-0.1, -0.05) is 29.3 Å². The minimum absolute atomic E-state index is 0.239. The molecule has 0 unspecified atom stereocenters. The average molecular weight is 266 g/mol. The van der Waals surface area contributed by atoms with E-state index in [0.717, 1.165) is 24.7 Å². The van der Waals surface area contributed by atoms with Crippen LogP contribution in [0, 0.1) is 0 Å². The second kappa shape index (κ2) is 9.46. The maximum atomic E-state index is 11.6. The number of hydrogen-bond acceptors (Lipinski definition) is 2. The number of unbranched alkanes of at least 4 members (excludes halogenated alkanes) is 1. The first kappa shape index (κ1) is 13.9. The molecular weight excluding hydrogens is 246 g/mol. The normalized spacial score (nSPS) is 10.2. The van der Waals surface area contributed by atoms with E-state index in [1.54, 1.807) is 7.11 Å². The number of amides is 1. The summed E-state index contributed by atoms with van der Waals surface area (Å²) in [6, 6.07) is 0. The molecule has 0 aliphatic rings. The molecule has 0 aromatic heterocycles. The van der Waals surface area contributed by atoms with Crippen molar-refractivity contribution in [2.24, 2.45) is 0 Å². The molecule has 84 valence electrons. The van der Waals surface area contributed by atoms with Crippen molar-refractivity contribution in [3.05, 3.63) is 0 Å². The van der Waals surface area contributed by atoms with Gasteiger partial charge in [0.05, 0.1) is 6.61 Å². The van der Waals surface area contributed by atoms with Gasteiger partial charge in [0.15, 0.2) is 0 Å². The van der Waals surface area contributed by atoms with Crippen molar-refractivity contribution in [3.63, 3.8) is 0 Å². The largest absolute Gasteiger partial charge is 0.383 e. The smallest absolute Gasteiger partial charge is 0.222 e. The second-order valence-corrected chi connectivity index (χ2v) is 3.96. The van der Waals surface area contributed by atoms with Gasteiger partial charge in [-0.3, -0.25) is 4.79 Å². The molecule has 0 heterocycles. The number of ether oxygens (including phenoxy) is 1. The molecule has 0 spiro atoms. The zero-order chi connectivity index (χ0) is 10.8. The van der Waals surface area contributed by atoms with Crippen molar-refractivity contribution >= 4 is 21.8 Å². The summed E-state index contributed by atoms with van der Waals surface area (Å²) in [5.74, 6) is 0.239. The molecule has 0 fully saturated rings. The van der Waals surface area contributed by atoms with Gasteiger partial charge in [0.25, 0.3) is 0 Å². The number of halogens is 1. The first-order valence-electron chi connectivity index (χ1n) is 5.09. The summed E-state index contributed by atoms with van der Waals surface area (Å²) in [6.45, 7) is 4.18. The first-order valence-corrected chi connectivity index (χ1v) is 6.21. The van der Waals surface area contributed by atoms with Crippen LogP contribution in [0.5, 0.6) is 0 Å². The highest BCUT2D eigenvalue weighted by Crippen LogP contribution is 2.01. The van der Waals surface area contributed by atoms with E-state index in [1.807, 2.05) is 4.90 Å². The van der Waals surface area contributed by atoms with Gasteiger partial charge >= 0.3 is 0 Å². The number of nitrogens with zero attached hydrogens (tertiary/aromatic N) is 1. The third-order valence-electron chi connectivity index (χ3n) is 2.02. The third kappa shape index (κ3) is 6.38. The Morgan fingerprint density at radius 3 is 2.64 bits per heavy atom. The van der Waals surface area contributed by atoms with Gasteiger partial charge in [-0.25, -0.2) is 0 Å². The molecule has 0 rings (SSSR count). The van der Waals surface area contributed by atoms with Crippen LogP contribution in [0.3, 0.4) is 0 Å². The van der Waals surface area contributed by atoms with Gasteiger partial charge in [-0.15, -0.1) is 0 Å². The molecule has 0 aliphatic carbocycles. The number of carbonyl (C=O) groups excluding carboxylic acids is 1. The van der Waals surface area contributed by atoms with Crippen LogP contribution in [0.25, 0.3) is 0 Å². The predicted molar refractivity (Wildman–Crippen MR) is 61.8 cm³/mol. The quantitative estimate of drug-likeness (QED) is 0.629. The van der Waals surface area contributed by atoms with Crippen molar-refractivity contribution in [1.29, 1.82) is 0 Å². The topological polar surface area (TPSA) is 29.5 Å². The van der Waals surface area contributed by atoms with Gasteiger partial charge in [0.1, 0.15) is 0 Å². The van der Waals surface area contributed by atoms with E-state index in [0.29, 0.717) is 19.6 Å². The van der Waals surface area contributed by atoms with E-state index >= 15 is 0 Å². The van der Waals surface area contributed by atoms with Crippen LogP contribution in [0.15, 0.2) is 0 Å². The number of alkyl halides is 1. The van der Waals surface area contributed by atoms with E-state index in [2.05, 4.69) is 22.9 Å². The highest BCUT2D eigenvalue weighted by molar-refractivity contribution is 9.09. The van der Waals surface area contributed by atoms with Crippen LogP contribution in [0.1, 0.15) is 26.2 Å². The molecule has 0 saturated heterocycles. The number of rotatable bonds is 8. The van der Waals surface area contributed by atoms with Crippen molar-refractivity contribution < 1.29 is 9.53 Å². The Morgan fingerprint density at radius 2 is 2.14 bits per heavy atom. The lowest BCUT2D eigenvalue weighted by Gasteiger charge is -2.21. The molecule has 0 radical (unpaired) electrons. The maximum absolute atomic E-state index is 11.6. The fourth-order valence-electron chi connectivity index (χ4n) is 1.15. The maximum Gasteiger partial charge on any atom is 0.222 e. The summed E-state index contributed by atoms with van der Waals surface area (Å²) < 4.78 is 4.96. The fourth-order valence-corrected chi connectivity index (χ4v) is 1.58. The Labute approximate surface area is 94.9 Å². The molecule has 0 aromatic rings. The Hall–Kier alpha value is -0.0900. The third-order valence-corrected chi connectivity index (χ3v) is 2.37. The van der Waals surface area contributed by atoms with Crippen molar-refractivity contribution in [3.8, 4) is 0 Å². The van der Waals surface area contributed by atoms with E-state index < -0.39 is 0 Å². The minimum atomic E-state index is 0.239. The zero-order valence-corrected chi connectivity index (χ0v) is 10.7. The number of carbonyl (C=O) groups is 1. The van der Waals surface area contributed by atoms with Crippen molar-refractivity contribution in [2.75, 3.05) is 32.1 Å². The lowest BCUT2D eigenvalue weighted by atomic mass is 10.2. The van der Waals surface area contributed by atoms with E-state index in [9.17, 15) is 4.79 Å². The molecule has 4 heteroatoms. The van der Waals surface area contributed by atoms with Gasteiger partial charge in [-0.05, 0) is 6.42 Å². The Morgan fingerprint density at radius 1 is 1.43 bits per heavy atom. The molecular formula is C10H20BrNO2. The molecule has 0 bridgehead atoms. The molecule has 0 N–H and O–H groups in total. The summed E-state index contributed by atoms with van der Waals surface area (Å²) in [6.07, 6.45) is 2.70. The van der Waals surface area contributed by atoms with E-state index in [1.165, 1.54) is 0 Å².